The highest BCUT2D eigenvalue weighted by Gasteiger charge is 2.15. The lowest BCUT2D eigenvalue weighted by atomic mass is 10.2. The zero-order valence-electron chi connectivity index (χ0n) is 9.48. The molecule has 1 aromatic carbocycles. The van der Waals surface area contributed by atoms with E-state index in [0.717, 1.165) is 5.56 Å². The number of nitrogens with zero attached hydrogens (tertiary/aromatic N) is 2. The van der Waals surface area contributed by atoms with Gasteiger partial charge < -0.3 is 9.30 Å². The first-order valence-corrected chi connectivity index (χ1v) is 4.99. The van der Waals surface area contributed by atoms with Gasteiger partial charge in [-0.3, -0.25) is 0 Å². The fourth-order valence-corrected chi connectivity index (χ4v) is 1.57. The Kier molecular flexibility index (Phi) is 2.91. The van der Waals surface area contributed by atoms with E-state index in [4.69, 9.17) is 0 Å². The number of aromatic nitrogens is 2. The van der Waals surface area contributed by atoms with Crippen molar-refractivity contribution in [1.82, 2.24) is 9.55 Å². The molecule has 2 rings (SSSR count). The van der Waals surface area contributed by atoms with E-state index >= 15 is 0 Å². The number of carbonyl (C=O) groups excluding carboxylic acids is 1. The minimum atomic E-state index is -0.451. The standard InChI is InChI=1S/C12H11FN2O2/c1-15-10(12(16)17-2)7-14-11(15)8-3-5-9(13)6-4-8/h3-7H,1-2H3. The maximum Gasteiger partial charge on any atom is 0.356 e. The highest BCUT2D eigenvalue weighted by molar-refractivity contribution is 5.88. The Morgan fingerprint density at radius 2 is 2.00 bits per heavy atom. The molecular weight excluding hydrogens is 223 g/mol. The lowest BCUT2D eigenvalue weighted by molar-refractivity contribution is 0.0590. The zero-order chi connectivity index (χ0) is 12.4. The van der Waals surface area contributed by atoms with Crippen LogP contribution in [-0.4, -0.2) is 22.6 Å². The van der Waals surface area contributed by atoms with Crippen molar-refractivity contribution in [2.75, 3.05) is 7.11 Å². The monoisotopic (exact) mass is 234 g/mol. The number of hydrogen-bond acceptors (Lipinski definition) is 3. The van der Waals surface area contributed by atoms with Crippen LogP contribution >= 0.6 is 0 Å². The molecular formula is C12H11FN2O2. The van der Waals surface area contributed by atoms with Gasteiger partial charge in [0.15, 0.2) is 0 Å². The number of halogens is 1. The highest BCUT2D eigenvalue weighted by Crippen LogP contribution is 2.19. The normalized spacial score (nSPS) is 10.3. The third kappa shape index (κ3) is 2.04. The highest BCUT2D eigenvalue weighted by atomic mass is 19.1. The maximum atomic E-state index is 12.8. The molecule has 0 saturated heterocycles. The smallest absolute Gasteiger partial charge is 0.356 e. The third-order valence-electron chi connectivity index (χ3n) is 2.49. The summed E-state index contributed by atoms with van der Waals surface area (Å²) in [5.41, 5.74) is 1.09. The predicted octanol–water partition coefficient (Wildman–Crippen LogP) is 2.01. The number of benzene rings is 1. The number of rotatable bonds is 2. The Morgan fingerprint density at radius 3 is 2.59 bits per heavy atom. The van der Waals surface area contributed by atoms with Gasteiger partial charge in [0.25, 0.3) is 0 Å². The second-order valence-corrected chi connectivity index (χ2v) is 3.52. The van der Waals surface area contributed by atoms with Crippen molar-refractivity contribution in [3.63, 3.8) is 0 Å². The van der Waals surface area contributed by atoms with Crippen LogP contribution in [0.5, 0.6) is 0 Å². The molecule has 2 aromatic rings. The van der Waals surface area contributed by atoms with Crippen molar-refractivity contribution in [1.29, 1.82) is 0 Å². The molecule has 0 aliphatic heterocycles. The summed E-state index contributed by atoms with van der Waals surface area (Å²) in [7, 11) is 3.02. The number of carbonyl (C=O) groups is 1. The molecule has 0 fully saturated rings. The maximum absolute atomic E-state index is 12.8. The summed E-state index contributed by atoms with van der Waals surface area (Å²) in [5.74, 6) is -0.171. The second kappa shape index (κ2) is 4.37. The van der Waals surface area contributed by atoms with Crippen molar-refractivity contribution in [2.45, 2.75) is 0 Å². The van der Waals surface area contributed by atoms with E-state index in [0.29, 0.717) is 11.5 Å². The van der Waals surface area contributed by atoms with E-state index in [1.54, 1.807) is 23.7 Å². The summed E-state index contributed by atoms with van der Waals surface area (Å²) >= 11 is 0. The summed E-state index contributed by atoms with van der Waals surface area (Å²) in [6, 6.07) is 5.92. The minimum absolute atomic E-state index is 0.309. The number of imidazole rings is 1. The largest absolute Gasteiger partial charge is 0.464 e. The molecule has 0 bridgehead atoms. The number of methoxy groups -OCH3 is 1. The lowest BCUT2D eigenvalue weighted by Gasteiger charge is -2.04. The topological polar surface area (TPSA) is 44.1 Å². The van der Waals surface area contributed by atoms with E-state index in [2.05, 4.69) is 9.72 Å². The van der Waals surface area contributed by atoms with Gasteiger partial charge in [-0.15, -0.1) is 0 Å². The Morgan fingerprint density at radius 1 is 1.35 bits per heavy atom. The first-order chi connectivity index (χ1) is 8.13. The molecule has 0 radical (unpaired) electrons. The van der Waals surface area contributed by atoms with E-state index in [9.17, 15) is 9.18 Å². The Bertz CT molecular complexity index is 546. The molecule has 0 amide bonds. The van der Waals surface area contributed by atoms with Crippen molar-refractivity contribution >= 4 is 5.97 Å². The fourth-order valence-electron chi connectivity index (χ4n) is 1.57. The number of esters is 1. The van der Waals surface area contributed by atoms with Crippen molar-refractivity contribution < 1.29 is 13.9 Å². The molecule has 17 heavy (non-hydrogen) atoms. The van der Waals surface area contributed by atoms with Gasteiger partial charge in [-0.05, 0) is 24.3 Å². The van der Waals surface area contributed by atoms with Crippen LogP contribution in [-0.2, 0) is 11.8 Å². The summed E-state index contributed by atoms with van der Waals surface area (Å²) < 4.78 is 19.0. The molecule has 0 aliphatic carbocycles. The minimum Gasteiger partial charge on any atom is -0.464 e. The quantitative estimate of drug-likeness (QED) is 0.746. The molecule has 0 saturated carbocycles. The van der Waals surface area contributed by atoms with Crippen LogP contribution in [0.3, 0.4) is 0 Å². The Balaban J connectivity index is 2.44. The van der Waals surface area contributed by atoms with Gasteiger partial charge in [-0.25, -0.2) is 14.2 Å². The van der Waals surface area contributed by atoms with Gasteiger partial charge in [-0.2, -0.15) is 0 Å². The summed E-state index contributed by atoms with van der Waals surface area (Å²) in [6.45, 7) is 0. The SMILES string of the molecule is COC(=O)c1cnc(-c2ccc(F)cc2)n1C. The van der Waals surface area contributed by atoms with Gasteiger partial charge in [0.1, 0.15) is 17.3 Å². The average molecular weight is 234 g/mol. The lowest BCUT2D eigenvalue weighted by Crippen LogP contribution is -2.08. The van der Waals surface area contributed by atoms with Crippen LogP contribution in [0.1, 0.15) is 10.5 Å². The van der Waals surface area contributed by atoms with Crippen molar-refractivity contribution in [3.05, 3.63) is 42.0 Å². The summed E-state index contributed by atoms with van der Waals surface area (Å²) in [4.78, 5) is 15.5. The molecule has 4 nitrogen and oxygen atoms in total. The Labute approximate surface area is 97.7 Å². The van der Waals surface area contributed by atoms with Crippen LogP contribution < -0.4 is 0 Å². The van der Waals surface area contributed by atoms with Gasteiger partial charge in [-0.1, -0.05) is 0 Å². The van der Waals surface area contributed by atoms with Crippen molar-refractivity contribution in [3.8, 4) is 11.4 Å². The molecule has 0 spiro atoms. The van der Waals surface area contributed by atoms with Gasteiger partial charge in [0.2, 0.25) is 0 Å². The van der Waals surface area contributed by atoms with Crippen LogP contribution in [0.2, 0.25) is 0 Å². The molecule has 1 aromatic heterocycles. The number of ether oxygens (including phenoxy) is 1. The first-order valence-electron chi connectivity index (χ1n) is 4.99. The molecule has 88 valence electrons. The van der Waals surface area contributed by atoms with E-state index in [-0.39, 0.29) is 5.82 Å². The van der Waals surface area contributed by atoms with E-state index < -0.39 is 5.97 Å². The van der Waals surface area contributed by atoms with Gasteiger partial charge in [0, 0.05) is 12.6 Å². The first kappa shape index (κ1) is 11.3. The van der Waals surface area contributed by atoms with Crippen molar-refractivity contribution in [2.24, 2.45) is 7.05 Å². The van der Waals surface area contributed by atoms with Crippen LogP contribution in [0.4, 0.5) is 4.39 Å². The molecule has 5 heteroatoms. The third-order valence-corrected chi connectivity index (χ3v) is 2.49. The number of hydrogen-bond donors (Lipinski definition) is 0. The zero-order valence-corrected chi connectivity index (χ0v) is 9.48. The van der Waals surface area contributed by atoms with Gasteiger partial charge in [0.05, 0.1) is 13.3 Å². The Hall–Kier alpha value is -2.17. The average Bonchev–Trinajstić information content (AvgIpc) is 2.71. The molecule has 0 N–H and O–H groups in total. The van der Waals surface area contributed by atoms with E-state index in [1.807, 2.05) is 0 Å². The second-order valence-electron chi connectivity index (χ2n) is 3.52. The predicted molar refractivity (Wildman–Crippen MR) is 59.9 cm³/mol. The van der Waals surface area contributed by atoms with Crippen LogP contribution in [0, 0.1) is 5.82 Å². The molecule has 0 aliphatic rings. The summed E-state index contributed by atoms with van der Waals surface area (Å²) in [5, 5.41) is 0. The molecule has 1 heterocycles. The molecule has 0 unspecified atom stereocenters. The van der Waals surface area contributed by atoms with Crippen LogP contribution in [0.25, 0.3) is 11.4 Å². The van der Waals surface area contributed by atoms with Crippen LogP contribution in [0.15, 0.2) is 30.5 Å². The molecule has 0 atom stereocenters. The summed E-state index contributed by atoms with van der Waals surface area (Å²) in [6.07, 6.45) is 1.44. The van der Waals surface area contributed by atoms with E-state index in [1.165, 1.54) is 25.4 Å². The van der Waals surface area contributed by atoms with Gasteiger partial charge >= 0.3 is 5.97 Å². The fraction of sp³-hybridized carbons (Fsp3) is 0.167.